The number of hydrogen-bond acceptors (Lipinski definition) is 5. The fraction of sp³-hybridized carbons (Fsp3) is 0.600. The average molecular weight is 311 g/mol. The molecule has 0 aromatic carbocycles. The van der Waals surface area contributed by atoms with Crippen LogP contribution in [-0.4, -0.2) is 49.3 Å². The van der Waals surface area contributed by atoms with E-state index in [1.807, 2.05) is 0 Å². The third-order valence-electron chi connectivity index (χ3n) is 3.09. The lowest BCUT2D eigenvalue weighted by Crippen LogP contribution is -2.47. The highest BCUT2D eigenvalue weighted by atomic mass is 35.5. The molecule has 2 rings (SSSR count). The maximum Gasteiger partial charge on any atom is 0.330 e. The third-order valence-corrected chi connectivity index (χ3v) is 3.99. The van der Waals surface area contributed by atoms with Gasteiger partial charge in [0.2, 0.25) is 0 Å². The van der Waals surface area contributed by atoms with Crippen molar-refractivity contribution in [1.82, 2.24) is 9.55 Å². The molecule has 9 heteroatoms. The molecule has 7 nitrogen and oxygen atoms in total. The number of aliphatic hydroxyl groups is 2. The second-order valence-electron chi connectivity index (χ2n) is 4.27. The first-order chi connectivity index (χ1) is 8.95. The number of ether oxygens (including phenoxy) is 1. The normalized spacial score (nSPS) is 34.6. The lowest BCUT2D eigenvalue weighted by molar-refractivity contribution is -0.114. The van der Waals surface area contributed by atoms with Crippen molar-refractivity contribution in [2.75, 3.05) is 12.5 Å². The second-order valence-corrected chi connectivity index (χ2v) is 5.04. The first-order valence-electron chi connectivity index (χ1n) is 5.43. The summed E-state index contributed by atoms with van der Waals surface area (Å²) in [5, 5.41) is 18.3. The van der Waals surface area contributed by atoms with E-state index >= 15 is 0 Å². The molecule has 1 saturated heterocycles. The van der Waals surface area contributed by atoms with Gasteiger partial charge in [-0.1, -0.05) is 0 Å². The van der Waals surface area contributed by atoms with Gasteiger partial charge in [-0.2, -0.15) is 0 Å². The summed E-state index contributed by atoms with van der Waals surface area (Å²) < 4.78 is 6.49. The van der Waals surface area contributed by atoms with Crippen molar-refractivity contribution in [2.24, 2.45) is 0 Å². The Morgan fingerprint density at radius 1 is 1.53 bits per heavy atom. The van der Waals surface area contributed by atoms with Gasteiger partial charge >= 0.3 is 5.69 Å². The van der Waals surface area contributed by atoms with Gasteiger partial charge < -0.3 is 14.9 Å². The van der Waals surface area contributed by atoms with Crippen LogP contribution in [0.4, 0.5) is 0 Å². The van der Waals surface area contributed by atoms with Gasteiger partial charge in [-0.3, -0.25) is 14.3 Å². The van der Waals surface area contributed by atoms with Crippen LogP contribution in [0.15, 0.2) is 21.9 Å². The Hall–Kier alpha value is -0.860. The van der Waals surface area contributed by atoms with Crippen LogP contribution in [0, 0.1) is 0 Å². The fourth-order valence-corrected chi connectivity index (χ4v) is 2.65. The lowest BCUT2D eigenvalue weighted by atomic mass is 10.00. The van der Waals surface area contributed by atoms with Crippen LogP contribution in [0.2, 0.25) is 0 Å². The van der Waals surface area contributed by atoms with E-state index in [9.17, 15) is 19.8 Å². The first kappa shape index (κ1) is 14.5. The van der Waals surface area contributed by atoms with Crippen molar-refractivity contribution >= 4 is 23.2 Å². The molecule has 1 fully saturated rings. The van der Waals surface area contributed by atoms with E-state index in [2.05, 4.69) is 4.98 Å². The highest BCUT2D eigenvalue weighted by Gasteiger charge is 2.54. The minimum Gasteiger partial charge on any atom is -0.393 e. The molecule has 0 spiro atoms. The number of H-pyrrole nitrogens is 1. The van der Waals surface area contributed by atoms with Gasteiger partial charge in [0.05, 0.1) is 12.5 Å². The molecule has 0 aliphatic carbocycles. The van der Waals surface area contributed by atoms with Crippen molar-refractivity contribution in [2.45, 2.75) is 23.3 Å². The molecule has 1 aromatic heterocycles. The van der Waals surface area contributed by atoms with E-state index in [1.165, 1.54) is 6.20 Å². The third kappa shape index (κ3) is 2.32. The van der Waals surface area contributed by atoms with E-state index in [1.54, 1.807) is 0 Å². The Morgan fingerprint density at radius 2 is 2.21 bits per heavy atom. The predicted molar refractivity (Wildman–Crippen MR) is 67.6 cm³/mol. The number of nitrogens with zero attached hydrogens (tertiary/aromatic N) is 1. The summed E-state index contributed by atoms with van der Waals surface area (Å²) in [5.41, 5.74) is -2.72. The van der Waals surface area contributed by atoms with Crippen LogP contribution in [0.25, 0.3) is 0 Å². The van der Waals surface area contributed by atoms with E-state index in [-0.39, 0.29) is 5.88 Å². The van der Waals surface area contributed by atoms with E-state index in [0.717, 1.165) is 10.6 Å². The number of alkyl halides is 2. The molecule has 0 bridgehead atoms. The molecule has 0 amide bonds. The van der Waals surface area contributed by atoms with Crippen molar-refractivity contribution < 1.29 is 14.9 Å². The molecule has 3 N–H and O–H groups in total. The maximum absolute atomic E-state index is 11.7. The van der Waals surface area contributed by atoms with Crippen molar-refractivity contribution in [3.05, 3.63) is 33.1 Å². The molecular weight excluding hydrogens is 299 g/mol. The zero-order valence-electron chi connectivity index (χ0n) is 9.62. The molecule has 4 atom stereocenters. The van der Waals surface area contributed by atoms with E-state index in [0.29, 0.717) is 0 Å². The molecule has 1 aliphatic rings. The summed E-state index contributed by atoms with van der Waals surface area (Å²) in [6.45, 7) is -0.546. The lowest BCUT2D eigenvalue weighted by Gasteiger charge is -2.27. The van der Waals surface area contributed by atoms with E-state index in [4.69, 9.17) is 27.9 Å². The van der Waals surface area contributed by atoms with Gasteiger partial charge in [0.1, 0.15) is 17.1 Å². The molecule has 106 valence electrons. The molecular formula is C10H12Cl2N2O5. The molecule has 1 aliphatic heterocycles. The number of rotatable bonds is 3. The average Bonchev–Trinajstić information content (AvgIpc) is 2.64. The van der Waals surface area contributed by atoms with Gasteiger partial charge in [-0.05, 0) is 0 Å². The Bertz CT molecular complexity index is 568. The Labute approximate surface area is 117 Å². The number of halogens is 2. The summed E-state index contributed by atoms with van der Waals surface area (Å²) in [7, 11) is 0. The smallest absolute Gasteiger partial charge is 0.330 e. The molecule has 2 heterocycles. The summed E-state index contributed by atoms with van der Waals surface area (Å²) in [6.07, 6.45) is -1.08. The number of nitrogens with one attached hydrogen (secondary N) is 1. The largest absolute Gasteiger partial charge is 0.393 e. The van der Waals surface area contributed by atoms with Crippen LogP contribution in [0.5, 0.6) is 0 Å². The number of aromatic nitrogens is 2. The van der Waals surface area contributed by atoms with Gasteiger partial charge in [0.15, 0.2) is 6.23 Å². The van der Waals surface area contributed by atoms with E-state index < -0.39 is 41.2 Å². The fourth-order valence-electron chi connectivity index (χ4n) is 1.94. The number of hydrogen-bond donors (Lipinski definition) is 3. The highest BCUT2D eigenvalue weighted by Crippen LogP contribution is 2.40. The van der Waals surface area contributed by atoms with Crippen molar-refractivity contribution in [1.29, 1.82) is 0 Å². The Kier molecular flexibility index (Phi) is 4.03. The number of aromatic amines is 1. The minimum absolute atomic E-state index is 0.192. The van der Waals surface area contributed by atoms with Crippen LogP contribution in [0.1, 0.15) is 6.23 Å². The maximum atomic E-state index is 11.7. The predicted octanol–water partition coefficient (Wildman–Crippen LogP) is -0.996. The van der Waals surface area contributed by atoms with Gasteiger partial charge in [0, 0.05) is 12.3 Å². The molecule has 0 radical (unpaired) electrons. The highest BCUT2D eigenvalue weighted by molar-refractivity contribution is 6.22. The van der Waals surface area contributed by atoms with Crippen LogP contribution >= 0.6 is 23.2 Å². The SMILES string of the molecule is O=c1ccn([C@@H]2O[C@@](CO)(CCl)[C@@H](O)[C@H]2Cl)c(=O)[nH]1. The van der Waals surface area contributed by atoms with Crippen molar-refractivity contribution in [3.63, 3.8) is 0 Å². The van der Waals surface area contributed by atoms with Crippen LogP contribution in [0.3, 0.4) is 0 Å². The first-order valence-corrected chi connectivity index (χ1v) is 6.40. The molecule has 19 heavy (non-hydrogen) atoms. The summed E-state index contributed by atoms with van der Waals surface area (Å²) in [5.74, 6) is -0.192. The second kappa shape index (κ2) is 5.26. The van der Waals surface area contributed by atoms with Gasteiger partial charge in [-0.25, -0.2) is 4.79 Å². The quantitative estimate of drug-likeness (QED) is 0.621. The van der Waals surface area contributed by atoms with Gasteiger partial charge in [0.25, 0.3) is 5.56 Å². The molecule has 0 unspecified atom stereocenters. The van der Waals surface area contributed by atoms with Crippen LogP contribution in [-0.2, 0) is 4.74 Å². The Morgan fingerprint density at radius 3 is 2.68 bits per heavy atom. The summed E-state index contributed by atoms with van der Waals surface area (Å²) in [6, 6.07) is 1.13. The summed E-state index contributed by atoms with van der Waals surface area (Å²) >= 11 is 11.7. The molecule has 1 aromatic rings. The minimum atomic E-state index is -1.44. The number of aliphatic hydroxyl groups excluding tert-OH is 2. The van der Waals surface area contributed by atoms with Crippen molar-refractivity contribution in [3.8, 4) is 0 Å². The topological polar surface area (TPSA) is 105 Å². The standard InChI is InChI=1S/C10H12Cl2N2O5/c11-3-10(4-15)7(17)6(12)8(19-10)14-2-1-5(16)13-9(14)18/h1-2,6-8,15,17H,3-4H2,(H,13,16,18)/t6-,7+,8-,10-/m1/s1. The summed E-state index contributed by atoms with van der Waals surface area (Å²) in [4.78, 5) is 24.7. The van der Waals surface area contributed by atoms with Gasteiger partial charge in [-0.15, -0.1) is 23.2 Å². The zero-order valence-corrected chi connectivity index (χ0v) is 11.1. The Balaban J connectivity index is 2.42. The van der Waals surface area contributed by atoms with Crippen LogP contribution < -0.4 is 11.2 Å². The molecule has 0 saturated carbocycles. The zero-order chi connectivity index (χ0) is 14.2. The monoisotopic (exact) mass is 310 g/mol.